The van der Waals surface area contributed by atoms with E-state index >= 15 is 0 Å². The molecule has 1 aromatic carbocycles. The molecule has 0 atom stereocenters. The molecule has 0 bridgehead atoms. The van der Waals surface area contributed by atoms with E-state index in [-0.39, 0.29) is 26.2 Å². The number of pyridine rings is 1. The Morgan fingerprint density at radius 2 is 1.65 bits per heavy atom. The molecular formula is C14H7Cl3F3NO2. The lowest BCUT2D eigenvalue weighted by atomic mass is 10.0. The molecule has 3 nitrogen and oxygen atoms in total. The van der Waals surface area contributed by atoms with Gasteiger partial charge in [-0.2, -0.15) is 13.2 Å². The Morgan fingerprint density at radius 3 is 2.13 bits per heavy atom. The van der Waals surface area contributed by atoms with Crippen LogP contribution in [0.2, 0.25) is 15.1 Å². The fourth-order valence-corrected chi connectivity index (χ4v) is 2.42. The summed E-state index contributed by atoms with van der Waals surface area (Å²) in [6.07, 6.45) is -3.69. The number of benzene rings is 1. The maximum Gasteiger partial charge on any atom is 0.418 e. The summed E-state index contributed by atoms with van der Waals surface area (Å²) in [6, 6.07) is 3.48. The zero-order valence-electron chi connectivity index (χ0n) is 11.3. The molecule has 23 heavy (non-hydrogen) atoms. The minimum Gasteiger partial charge on any atom is -0.464 e. The first-order chi connectivity index (χ1) is 10.6. The van der Waals surface area contributed by atoms with Crippen LogP contribution in [0.5, 0.6) is 0 Å². The standard InChI is InChI=1S/C14H7Cl3F3NO2/c1-23-13(22)12-8(14(18,19)20)2-7(5-21-12)6-3-9(15)11(17)10(16)4-6/h2-5H,1H3. The molecule has 1 aromatic heterocycles. The summed E-state index contributed by atoms with van der Waals surface area (Å²) in [5.74, 6) is -1.18. The molecule has 2 rings (SSSR count). The average Bonchev–Trinajstić information content (AvgIpc) is 2.49. The molecule has 0 radical (unpaired) electrons. The van der Waals surface area contributed by atoms with Crippen molar-refractivity contribution in [2.75, 3.05) is 7.11 Å². The molecule has 0 amide bonds. The number of esters is 1. The lowest BCUT2D eigenvalue weighted by Gasteiger charge is -2.13. The molecule has 2 aromatic rings. The number of ether oxygens (including phenoxy) is 1. The number of rotatable bonds is 2. The number of halogens is 6. The van der Waals surface area contributed by atoms with Crippen molar-refractivity contribution in [3.63, 3.8) is 0 Å². The third kappa shape index (κ3) is 3.71. The van der Waals surface area contributed by atoms with Crippen LogP contribution in [0, 0.1) is 0 Å². The number of hydrogen-bond acceptors (Lipinski definition) is 3. The summed E-state index contributed by atoms with van der Waals surface area (Å²) in [5.41, 5.74) is -1.69. The fourth-order valence-electron chi connectivity index (χ4n) is 1.82. The van der Waals surface area contributed by atoms with Crippen LogP contribution in [-0.2, 0) is 10.9 Å². The van der Waals surface area contributed by atoms with Crippen LogP contribution >= 0.6 is 34.8 Å². The van der Waals surface area contributed by atoms with E-state index in [0.29, 0.717) is 0 Å². The van der Waals surface area contributed by atoms with Gasteiger partial charge >= 0.3 is 12.1 Å². The molecule has 0 aliphatic rings. The van der Waals surface area contributed by atoms with E-state index in [4.69, 9.17) is 34.8 Å². The molecule has 0 saturated carbocycles. The Kier molecular flexibility index (Phi) is 5.08. The van der Waals surface area contributed by atoms with E-state index in [0.717, 1.165) is 19.4 Å². The number of carbonyl (C=O) groups is 1. The Morgan fingerprint density at radius 1 is 1.09 bits per heavy atom. The predicted molar refractivity (Wildman–Crippen MR) is 81.0 cm³/mol. The third-order valence-corrected chi connectivity index (χ3v) is 4.09. The third-order valence-electron chi connectivity index (χ3n) is 2.89. The molecule has 0 spiro atoms. The number of methoxy groups -OCH3 is 1. The van der Waals surface area contributed by atoms with Crippen LogP contribution in [-0.4, -0.2) is 18.1 Å². The van der Waals surface area contributed by atoms with Crippen molar-refractivity contribution in [2.24, 2.45) is 0 Å². The van der Waals surface area contributed by atoms with Gasteiger partial charge in [0.15, 0.2) is 5.69 Å². The van der Waals surface area contributed by atoms with Crippen molar-refractivity contribution in [2.45, 2.75) is 6.18 Å². The molecule has 9 heteroatoms. The molecular weight excluding hydrogens is 378 g/mol. The van der Waals surface area contributed by atoms with E-state index < -0.39 is 23.4 Å². The number of aromatic nitrogens is 1. The maximum atomic E-state index is 13.1. The van der Waals surface area contributed by atoms with Crippen molar-refractivity contribution < 1.29 is 22.7 Å². The molecule has 122 valence electrons. The van der Waals surface area contributed by atoms with Gasteiger partial charge in [0, 0.05) is 11.8 Å². The molecule has 0 fully saturated rings. The van der Waals surface area contributed by atoms with Crippen molar-refractivity contribution in [1.82, 2.24) is 4.98 Å². The lowest BCUT2D eigenvalue weighted by molar-refractivity contribution is -0.138. The van der Waals surface area contributed by atoms with E-state index in [1.807, 2.05) is 0 Å². The highest BCUT2D eigenvalue weighted by Crippen LogP contribution is 2.38. The van der Waals surface area contributed by atoms with Crippen LogP contribution in [0.1, 0.15) is 16.1 Å². The Hall–Kier alpha value is -1.50. The zero-order chi connectivity index (χ0) is 17.4. The minimum absolute atomic E-state index is 0.0745. The molecule has 0 aliphatic heterocycles. The van der Waals surface area contributed by atoms with Crippen LogP contribution in [0.4, 0.5) is 13.2 Å². The molecule has 0 aliphatic carbocycles. The molecule has 0 unspecified atom stereocenters. The highest BCUT2D eigenvalue weighted by molar-refractivity contribution is 6.48. The van der Waals surface area contributed by atoms with Crippen molar-refractivity contribution in [3.8, 4) is 11.1 Å². The van der Waals surface area contributed by atoms with E-state index in [2.05, 4.69) is 9.72 Å². The first kappa shape index (κ1) is 17.8. The predicted octanol–water partition coefficient (Wildman–Crippen LogP) is 5.51. The average molecular weight is 385 g/mol. The summed E-state index contributed by atoms with van der Waals surface area (Å²) in [6.45, 7) is 0. The van der Waals surface area contributed by atoms with Gasteiger partial charge in [0.05, 0.1) is 27.7 Å². The van der Waals surface area contributed by atoms with E-state index in [1.165, 1.54) is 12.1 Å². The summed E-state index contributed by atoms with van der Waals surface area (Å²) in [7, 11) is 0.969. The Bertz CT molecular complexity index is 755. The normalized spacial score (nSPS) is 11.4. The Balaban J connectivity index is 2.64. The van der Waals surface area contributed by atoms with Gasteiger partial charge in [-0.3, -0.25) is 0 Å². The second-order valence-electron chi connectivity index (χ2n) is 4.36. The van der Waals surface area contributed by atoms with Gasteiger partial charge in [0.2, 0.25) is 0 Å². The highest BCUT2D eigenvalue weighted by atomic mass is 35.5. The van der Waals surface area contributed by atoms with Gasteiger partial charge < -0.3 is 4.74 Å². The number of carbonyl (C=O) groups excluding carboxylic acids is 1. The van der Waals surface area contributed by atoms with Gasteiger partial charge in [-0.25, -0.2) is 9.78 Å². The second kappa shape index (κ2) is 6.55. The molecule has 1 heterocycles. The maximum absolute atomic E-state index is 13.1. The SMILES string of the molecule is COC(=O)c1ncc(-c2cc(Cl)c(Cl)c(Cl)c2)cc1C(F)(F)F. The zero-order valence-corrected chi connectivity index (χ0v) is 13.6. The van der Waals surface area contributed by atoms with Crippen LogP contribution in [0.25, 0.3) is 11.1 Å². The monoisotopic (exact) mass is 383 g/mol. The van der Waals surface area contributed by atoms with Gasteiger partial charge in [-0.05, 0) is 23.8 Å². The van der Waals surface area contributed by atoms with E-state index in [9.17, 15) is 18.0 Å². The van der Waals surface area contributed by atoms with Crippen molar-refractivity contribution in [3.05, 3.63) is 50.7 Å². The Labute approximate surface area is 143 Å². The lowest BCUT2D eigenvalue weighted by Crippen LogP contribution is -2.16. The topological polar surface area (TPSA) is 39.2 Å². The summed E-state index contributed by atoms with van der Waals surface area (Å²) in [4.78, 5) is 15.0. The smallest absolute Gasteiger partial charge is 0.418 e. The summed E-state index contributed by atoms with van der Waals surface area (Å²) >= 11 is 17.5. The molecule has 0 N–H and O–H groups in total. The van der Waals surface area contributed by atoms with Crippen molar-refractivity contribution in [1.29, 1.82) is 0 Å². The first-order valence-electron chi connectivity index (χ1n) is 5.95. The van der Waals surface area contributed by atoms with E-state index in [1.54, 1.807) is 0 Å². The number of alkyl halides is 3. The van der Waals surface area contributed by atoms with Crippen LogP contribution in [0.3, 0.4) is 0 Å². The minimum atomic E-state index is -4.79. The molecule has 0 saturated heterocycles. The largest absolute Gasteiger partial charge is 0.464 e. The fraction of sp³-hybridized carbons (Fsp3) is 0.143. The summed E-state index contributed by atoms with van der Waals surface area (Å²) in [5, 5.41) is 0.256. The van der Waals surface area contributed by atoms with Gasteiger partial charge in [-0.1, -0.05) is 34.8 Å². The quantitative estimate of drug-likeness (QED) is 0.506. The first-order valence-corrected chi connectivity index (χ1v) is 7.09. The van der Waals surface area contributed by atoms with Gasteiger partial charge in [-0.15, -0.1) is 0 Å². The van der Waals surface area contributed by atoms with Crippen LogP contribution < -0.4 is 0 Å². The second-order valence-corrected chi connectivity index (χ2v) is 5.56. The van der Waals surface area contributed by atoms with Crippen LogP contribution in [0.15, 0.2) is 24.4 Å². The number of hydrogen-bond donors (Lipinski definition) is 0. The highest BCUT2D eigenvalue weighted by Gasteiger charge is 2.37. The van der Waals surface area contributed by atoms with Gasteiger partial charge in [0.25, 0.3) is 0 Å². The number of nitrogens with zero attached hydrogens (tertiary/aromatic N) is 1. The van der Waals surface area contributed by atoms with Crippen molar-refractivity contribution >= 4 is 40.8 Å². The summed E-state index contributed by atoms with van der Waals surface area (Å²) < 4.78 is 43.7. The van der Waals surface area contributed by atoms with Gasteiger partial charge in [0.1, 0.15) is 0 Å².